The van der Waals surface area contributed by atoms with E-state index < -0.39 is 10.0 Å². The highest BCUT2D eigenvalue weighted by Crippen LogP contribution is 2.39. The summed E-state index contributed by atoms with van der Waals surface area (Å²) in [6.07, 6.45) is 5.95. The van der Waals surface area contributed by atoms with E-state index in [1.807, 2.05) is 12.1 Å². The van der Waals surface area contributed by atoms with E-state index in [-0.39, 0.29) is 5.41 Å². The molecule has 1 aromatic carbocycles. The molecule has 0 aromatic heterocycles. The molecule has 0 spiro atoms. The maximum atomic E-state index is 12.3. The van der Waals surface area contributed by atoms with Gasteiger partial charge in [0.1, 0.15) is 0 Å². The fourth-order valence-corrected chi connectivity index (χ4v) is 3.85. The number of sulfonamides is 1. The molecular formula is C16H24N2O2S. The van der Waals surface area contributed by atoms with Crippen LogP contribution >= 0.6 is 0 Å². The van der Waals surface area contributed by atoms with Gasteiger partial charge in [0.05, 0.1) is 4.90 Å². The molecule has 0 atom stereocenters. The highest BCUT2D eigenvalue weighted by Gasteiger charge is 2.33. The molecule has 0 bridgehead atoms. The Morgan fingerprint density at radius 3 is 2.38 bits per heavy atom. The molecule has 2 aliphatic carbocycles. The van der Waals surface area contributed by atoms with E-state index in [1.54, 1.807) is 12.1 Å². The number of rotatable bonds is 7. The van der Waals surface area contributed by atoms with Crippen molar-refractivity contribution in [3.63, 3.8) is 0 Å². The van der Waals surface area contributed by atoms with Crippen LogP contribution < -0.4 is 10.0 Å². The Morgan fingerprint density at radius 2 is 1.86 bits per heavy atom. The minimum absolute atomic E-state index is 0.154. The molecular weight excluding hydrogens is 284 g/mol. The van der Waals surface area contributed by atoms with Crippen LogP contribution in [-0.4, -0.2) is 21.0 Å². The molecule has 0 aliphatic heterocycles. The zero-order chi connectivity index (χ0) is 14.9. The van der Waals surface area contributed by atoms with E-state index in [2.05, 4.69) is 17.0 Å². The highest BCUT2D eigenvalue weighted by molar-refractivity contribution is 7.89. The minimum Gasteiger partial charge on any atom is -0.310 e. The van der Waals surface area contributed by atoms with Crippen molar-refractivity contribution in [1.29, 1.82) is 0 Å². The molecule has 0 radical (unpaired) electrons. The average Bonchev–Trinajstić information content (AvgIpc) is 3.26. The highest BCUT2D eigenvalue weighted by atomic mass is 32.2. The SMILES string of the molecule is CC1(CNS(=O)(=O)c2ccc(CNC3CC3)cc2)CCC1. The average molecular weight is 308 g/mol. The number of nitrogens with one attached hydrogen (secondary N) is 2. The van der Waals surface area contributed by atoms with Gasteiger partial charge in [-0.3, -0.25) is 0 Å². The molecule has 0 heterocycles. The van der Waals surface area contributed by atoms with Gasteiger partial charge in [0.25, 0.3) is 0 Å². The Hall–Kier alpha value is -0.910. The summed E-state index contributed by atoms with van der Waals surface area (Å²) in [7, 11) is -3.38. The van der Waals surface area contributed by atoms with E-state index in [9.17, 15) is 8.42 Å². The molecule has 0 saturated heterocycles. The van der Waals surface area contributed by atoms with Gasteiger partial charge in [-0.1, -0.05) is 25.5 Å². The Balaban J connectivity index is 1.58. The molecule has 2 N–H and O–H groups in total. The lowest BCUT2D eigenvalue weighted by Crippen LogP contribution is -2.39. The maximum absolute atomic E-state index is 12.3. The van der Waals surface area contributed by atoms with Crippen LogP contribution in [0.25, 0.3) is 0 Å². The van der Waals surface area contributed by atoms with Crippen molar-refractivity contribution >= 4 is 10.0 Å². The summed E-state index contributed by atoms with van der Waals surface area (Å²) in [6.45, 7) is 3.50. The van der Waals surface area contributed by atoms with Crippen LogP contribution in [0.3, 0.4) is 0 Å². The van der Waals surface area contributed by atoms with Gasteiger partial charge in [0, 0.05) is 19.1 Å². The quantitative estimate of drug-likeness (QED) is 0.813. The second-order valence-corrected chi connectivity index (χ2v) is 8.55. The van der Waals surface area contributed by atoms with Crippen molar-refractivity contribution in [2.45, 2.75) is 56.5 Å². The summed E-state index contributed by atoms with van der Waals surface area (Å²) in [5, 5.41) is 3.43. The van der Waals surface area contributed by atoms with E-state index in [4.69, 9.17) is 0 Å². The zero-order valence-electron chi connectivity index (χ0n) is 12.6. The summed E-state index contributed by atoms with van der Waals surface area (Å²) in [4.78, 5) is 0.362. The Bertz CT molecular complexity index is 587. The molecule has 3 rings (SSSR count). The van der Waals surface area contributed by atoms with Crippen molar-refractivity contribution in [3.05, 3.63) is 29.8 Å². The smallest absolute Gasteiger partial charge is 0.240 e. The van der Waals surface area contributed by atoms with Gasteiger partial charge in [-0.2, -0.15) is 0 Å². The predicted octanol–water partition coefficient (Wildman–Crippen LogP) is 2.41. The van der Waals surface area contributed by atoms with Crippen molar-refractivity contribution in [1.82, 2.24) is 10.0 Å². The topological polar surface area (TPSA) is 58.2 Å². The lowest BCUT2D eigenvalue weighted by Gasteiger charge is -2.38. The van der Waals surface area contributed by atoms with Crippen molar-refractivity contribution in [3.8, 4) is 0 Å². The molecule has 1 aromatic rings. The van der Waals surface area contributed by atoms with Crippen molar-refractivity contribution < 1.29 is 8.42 Å². The molecule has 4 nitrogen and oxygen atoms in total. The van der Waals surface area contributed by atoms with E-state index >= 15 is 0 Å². The van der Waals surface area contributed by atoms with Gasteiger partial charge >= 0.3 is 0 Å². The number of benzene rings is 1. The maximum Gasteiger partial charge on any atom is 0.240 e. The second kappa shape index (κ2) is 5.71. The van der Waals surface area contributed by atoms with Crippen LogP contribution in [0.5, 0.6) is 0 Å². The monoisotopic (exact) mass is 308 g/mol. The van der Waals surface area contributed by atoms with Gasteiger partial charge in [-0.15, -0.1) is 0 Å². The molecule has 2 fully saturated rings. The fourth-order valence-electron chi connectivity index (χ4n) is 2.65. The first-order chi connectivity index (χ1) is 9.97. The second-order valence-electron chi connectivity index (χ2n) is 6.79. The van der Waals surface area contributed by atoms with Gasteiger partial charge in [0.2, 0.25) is 10.0 Å². The van der Waals surface area contributed by atoms with Gasteiger partial charge in [-0.25, -0.2) is 13.1 Å². The first-order valence-electron chi connectivity index (χ1n) is 7.79. The van der Waals surface area contributed by atoms with Crippen molar-refractivity contribution in [2.24, 2.45) is 5.41 Å². The Kier molecular flexibility index (Phi) is 4.08. The Labute approximate surface area is 127 Å². The van der Waals surface area contributed by atoms with Crippen molar-refractivity contribution in [2.75, 3.05) is 6.54 Å². The molecule has 116 valence electrons. The lowest BCUT2D eigenvalue weighted by molar-refractivity contribution is 0.166. The third kappa shape index (κ3) is 3.84. The molecule has 21 heavy (non-hydrogen) atoms. The van der Waals surface area contributed by atoms with Crippen LogP contribution in [0.1, 0.15) is 44.6 Å². The molecule has 0 amide bonds. The van der Waals surface area contributed by atoms with E-state index in [0.29, 0.717) is 17.5 Å². The van der Waals surface area contributed by atoms with E-state index in [0.717, 1.165) is 24.9 Å². The van der Waals surface area contributed by atoms with E-state index in [1.165, 1.54) is 19.3 Å². The summed E-state index contributed by atoms with van der Waals surface area (Å²) >= 11 is 0. The van der Waals surface area contributed by atoms with Crippen LogP contribution in [0.15, 0.2) is 29.2 Å². The van der Waals surface area contributed by atoms with Gasteiger partial charge < -0.3 is 5.32 Å². The normalized spacial score (nSPS) is 21.0. The zero-order valence-corrected chi connectivity index (χ0v) is 13.4. The van der Waals surface area contributed by atoms with Gasteiger partial charge in [-0.05, 0) is 48.8 Å². The first kappa shape index (κ1) is 15.0. The molecule has 2 saturated carbocycles. The number of hydrogen-bond donors (Lipinski definition) is 2. The summed E-state index contributed by atoms with van der Waals surface area (Å²) in [5.74, 6) is 0. The third-order valence-electron chi connectivity index (χ3n) is 4.66. The van der Waals surface area contributed by atoms with Crippen LogP contribution in [0.4, 0.5) is 0 Å². The molecule has 2 aliphatic rings. The molecule has 5 heteroatoms. The predicted molar refractivity (Wildman–Crippen MR) is 83.5 cm³/mol. The Morgan fingerprint density at radius 1 is 1.19 bits per heavy atom. The van der Waals surface area contributed by atoms with Gasteiger partial charge in [0.15, 0.2) is 0 Å². The molecule has 0 unspecified atom stereocenters. The summed E-state index contributed by atoms with van der Waals surface area (Å²) in [6, 6.07) is 7.87. The summed E-state index contributed by atoms with van der Waals surface area (Å²) in [5.41, 5.74) is 1.29. The van der Waals surface area contributed by atoms with Crippen LogP contribution in [-0.2, 0) is 16.6 Å². The van der Waals surface area contributed by atoms with Crippen LogP contribution in [0, 0.1) is 5.41 Å². The lowest BCUT2D eigenvalue weighted by atomic mass is 9.71. The minimum atomic E-state index is -3.38. The fraction of sp³-hybridized carbons (Fsp3) is 0.625. The van der Waals surface area contributed by atoms with Crippen LogP contribution in [0.2, 0.25) is 0 Å². The first-order valence-corrected chi connectivity index (χ1v) is 9.27. The summed E-state index contributed by atoms with van der Waals surface area (Å²) < 4.78 is 27.3. The third-order valence-corrected chi connectivity index (χ3v) is 6.07. The number of hydrogen-bond acceptors (Lipinski definition) is 3. The standard InChI is InChI=1S/C16H24N2O2S/c1-16(9-2-10-16)12-18-21(19,20)15-7-3-13(4-8-15)11-17-14-5-6-14/h3-4,7-8,14,17-18H,2,5-6,9-12H2,1H3. The largest absolute Gasteiger partial charge is 0.310 e.